The fourth-order valence-corrected chi connectivity index (χ4v) is 6.86. The van der Waals surface area contributed by atoms with Gasteiger partial charge in [-0.3, -0.25) is 9.35 Å². The molecule has 1 rings (SSSR count). The van der Waals surface area contributed by atoms with Crippen LogP contribution >= 0.6 is 0 Å². The molecule has 0 aromatic carbocycles. The molecule has 0 aromatic rings. The maximum atomic E-state index is 11.9. The quantitative estimate of drug-likeness (QED) is 0.438. The zero-order valence-electron chi connectivity index (χ0n) is 12.5. The molecule has 1 saturated heterocycles. The summed E-state index contributed by atoms with van der Waals surface area (Å²) in [7, 11) is -6.57. The first kappa shape index (κ1) is 19.3. The number of rotatable bonds is 7. The highest BCUT2D eigenvalue weighted by Gasteiger charge is 2.53. The van der Waals surface area contributed by atoms with Crippen LogP contribution in [0.3, 0.4) is 0 Å². The predicted octanol–water partition coefficient (Wildman–Crippen LogP) is -2.14. The Morgan fingerprint density at radius 3 is 2.50 bits per heavy atom. The van der Waals surface area contributed by atoms with E-state index in [0.717, 1.165) is 0 Å². The van der Waals surface area contributed by atoms with Gasteiger partial charge in [0.1, 0.15) is 5.25 Å². The Labute approximate surface area is 130 Å². The van der Waals surface area contributed by atoms with Crippen molar-refractivity contribution in [3.63, 3.8) is 0 Å². The Kier molecular flexibility index (Phi) is 5.95. The molecule has 9 nitrogen and oxygen atoms in total. The van der Waals surface area contributed by atoms with Crippen LogP contribution < -0.4 is 5.32 Å². The summed E-state index contributed by atoms with van der Waals surface area (Å²) in [6.45, 7) is 1.95. The molecule has 0 aliphatic carbocycles. The van der Waals surface area contributed by atoms with Gasteiger partial charge in [0, 0.05) is 19.5 Å². The van der Waals surface area contributed by atoms with E-state index >= 15 is 0 Å². The van der Waals surface area contributed by atoms with Gasteiger partial charge in [0.2, 0.25) is 5.91 Å². The van der Waals surface area contributed by atoms with Gasteiger partial charge >= 0.3 is 0 Å². The highest BCUT2D eigenvalue weighted by atomic mass is 32.2. The molecule has 11 heteroatoms. The Morgan fingerprint density at radius 1 is 1.41 bits per heavy atom. The smallest absolute Gasteiger partial charge is 0.271 e. The first-order chi connectivity index (χ1) is 9.89. The van der Waals surface area contributed by atoms with Crippen molar-refractivity contribution in [1.82, 2.24) is 10.2 Å². The normalized spacial score (nSPS) is 28.0. The van der Waals surface area contributed by atoms with Crippen LogP contribution in [0.5, 0.6) is 0 Å². The second kappa shape index (κ2) is 6.79. The van der Waals surface area contributed by atoms with Crippen molar-refractivity contribution < 1.29 is 31.3 Å². The standard InChI is InChI=1S/C11H22N2O7S2/c1-11(12-10(15)3-4-13(2)5-6-14)8-21(16,17)7-9(11)22(18,19)20/h9,14H,3-8H2,1-2H3,(H,12,15)(H,18,19,20)/t9-,11+/m1/s1. The first-order valence-corrected chi connectivity index (χ1v) is 9.99. The summed E-state index contributed by atoms with van der Waals surface area (Å²) < 4.78 is 55.3. The first-order valence-electron chi connectivity index (χ1n) is 6.67. The third kappa shape index (κ3) is 5.16. The number of aliphatic hydroxyl groups excluding tert-OH is 1. The van der Waals surface area contributed by atoms with E-state index in [0.29, 0.717) is 13.1 Å². The van der Waals surface area contributed by atoms with Gasteiger partial charge in [-0.2, -0.15) is 8.42 Å². The average molecular weight is 358 g/mol. The lowest BCUT2D eigenvalue weighted by Gasteiger charge is -2.29. The molecule has 1 aliphatic heterocycles. The van der Waals surface area contributed by atoms with E-state index in [1.807, 2.05) is 0 Å². The molecule has 1 amide bonds. The monoisotopic (exact) mass is 358 g/mol. The predicted molar refractivity (Wildman–Crippen MR) is 79.7 cm³/mol. The third-order valence-electron chi connectivity index (χ3n) is 3.62. The van der Waals surface area contributed by atoms with Gasteiger partial charge in [-0.25, -0.2) is 8.42 Å². The average Bonchev–Trinajstić information content (AvgIpc) is 2.56. The maximum absolute atomic E-state index is 11.9. The molecular formula is C11H22N2O7S2. The van der Waals surface area contributed by atoms with E-state index in [4.69, 9.17) is 5.11 Å². The third-order valence-corrected chi connectivity index (χ3v) is 7.12. The molecule has 1 heterocycles. The summed E-state index contributed by atoms with van der Waals surface area (Å²) in [6.07, 6.45) is 0.0182. The molecule has 0 unspecified atom stereocenters. The van der Waals surface area contributed by atoms with Crippen molar-refractivity contribution in [2.24, 2.45) is 0 Å². The molecule has 0 bridgehead atoms. The number of aliphatic hydroxyl groups is 1. The number of amides is 1. The van der Waals surface area contributed by atoms with Crippen LogP contribution in [0.2, 0.25) is 0 Å². The molecule has 0 saturated carbocycles. The molecule has 3 N–H and O–H groups in total. The van der Waals surface area contributed by atoms with Gasteiger partial charge in [0.05, 0.1) is 23.7 Å². The van der Waals surface area contributed by atoms with E-state index in [2.05, 4.69) is 5.32 Å². The number of nitrogens with zero attached hydrogens (tertiary/aromatic N) is 1. The zero-order valence-corrected chi connectivity index (χ0v) is 14.2. The minimum Gasteiger partial charge on any atom is -0.395 e. The Morgan fingerprint density at radius 2 is 2.00 bits per heavy atom. The summed E-state index contributed by atoms with van der Waals surface area (Å²) in [6, 6.07) is 0. The molecule has 0 spiro atoms. The highest BCUT2D eigenvalue weighted by molar-refractivity contribution is 7.94. The number of nitrogens with one attached hydrogen (secondary N) is 1. The van der Waals surface area contributed by atoms with Crippen LogP contribution in [-0.4, -0.2) is 86.3 Å². The van der Waals surface area contributed by atoms with Crippen molar-refractivity contribution >= 4 is 25.9 Å². The molecule has 1 aliphatic rings. The maximum Gasteiger partial charge on any atom is 0.271 e. The molecular weight excluding hydrogens is 336 g/mol. The van der Waals surface area contributed by atoms with Crippen molar-refractivity contribution in [1.29, 1.82) is 0 Å². The number of carbonyl (C=O) groups excluding carboxylic acids is 1. The van der Waals surface area contributed by atoms with Crippen LogP contribution in [-0.2, 0) is 24.7 Å². The van der Waals surface area contributed by atoms with Crippen molar-refractivity contribution in [3.05, 3.63) is 0 Å². The summed E-state index contributed by atoms with van der Waals surface area (Å²) in [5.74, 6) is -1.77. The van der Waals surface area contributed by atoms with Crippen molar-refractivity contribution in [3.8, 4) is 0 Å². The van der Waals surface area contributed by atoms with E-state index in [1.165, 1.54) is 6.92 Å². The van der Waals surface area contributed by atoms with E-state index in [9.17, 15) is 26.2 Å². The van der Waals surface area contributed by atoms with Crippen LogP contribution in [0.4, 0.5) is 0 Å². The lowest BCUT2D eigenvalue weighted by molar-refractivity contribution is -0.122. The largest absolute Gasteiger partial charge is 0.395 e. The second-order valence-electron chi connectivity index (χ2n) is 5.80. The topological polar surface area (TPSA) is 141 Å². The van der Waals surface area contributed by atoms with Gasteiger partial charge in [-0.05, 0) is 14.0 Å². The van der Waals surface area contributed by atoms with Crippen molar-refractivity contribution in [2.45, 2.75) is 24.1 Å². The molecule has 1 fully saturated rings. The lowest BCUT2D eigenvalue weighted by atomic mass is 10.0. The Hall–Kier alpha value is -0.750. The van der Waals surface area contributed by atoms with Gasteiger partial charge in [-0.15, -0.1) is 0 Å². The minimum absolute atomic E-state index is 0.0182. The zero-order chi connectivity index (χ0) is 17.2. The van der Waals surface area contributed by atoms with E-state index in [-0.39, 0.29) is 13.0 Å². The minimum atomic E-state index is -4.60. The molecule has 2 atom stereocenters. The fraction of sp³-hybridized carbons (Fsp3) is 0.909. The SMILES string of the molecule is CN(CCO)CCC(=O)N[C@@]1(C)CS(=O)(=O)C[C@H]1S(=O)(=O)O. The van der Waals surface area contributed by atoms with Gasteiger partial charge < -0.3 is 15.3 Å². The number of sulfone groups is 1. The lowest BCUT2D eigenvalue weighted by Crippen LogP contribution is -2.56. The fourth-order valence-electron chi connectivity index (χ4n) is 2.51. The number of hydrogen-bond acceptors (Lipinski definition) is 7. The van der Waals surface area contributed by atoms with Crippen LogP contribution in [0, 0.1) is 0 Å². The van der Waals surface area contributed by atoms with Gasteiger partial charge in [0.25, 0.3) is 10.1 Å². The molecule has 130 valence electrons. The van der Waals surface area contributed by atoms with E-state index in [1.54, 1.807) is 11.9 Å². The van der Waals surface area contributed by atoms with E-state index < -0.39 is 48.2 Å². The molecule has 22 heavy (non-hydrogen) atoms. The Bertz CT molecular complexity index is 616. The molecule has 0 aromatic heterocycles. The molecule has 0 radical (unpaired) electrons. The number of likely N-dealkylation sites (N-methyl/N-ethyl adjacent to an activating group) is 1. The van der Waals surface area contributed by atoms with Crippen LogP contribution in [0.15, 0.2) is 0 Å². The van der Waals surface area contributed by atoms with Crippen molar-refractivity contribution in [2.75, 3.05) is 38.2 Å². The number of hydrogen-bond donors (Lipinski definition) is 3. The summed E-state index contributed by atoms with van der Waals surface area (Å²) >= 11 is 0. The summed E-state index contributed by atoms with van der Waals surface area (Å²) in [5, 5.41) is 9.59. The highest BCUT2D eigenvalue weighted by Crippen LogP contribution is 2.28. The number of carbonyl (C=O) groups is 1. The summed E-state index contributed by atoms with van der Waals surface area (Å²) in [5.41, 5.74) is -1.56. The van der Waals surface area contributed by atoms with Crippen LogP contribution in [0.25, 0.3) is 0 Å². The van der Waals surface area contributed by atoms with Crippen LogP contribution in [0.1, 0.15) is 13.3 Å². The second-order valence-corrected chi connectivity index (χ2v) is 9.51. The van der Waals surface area contributed by atoms with Gasteiger partial charge in [0.15, 0.2) is 9.84 Å². The Balaban J connectivity index is 2.78. The summed E-state index contributed by atoms with van der Waals surface area (Å²) in [4.78, 5) is 13.6. The van der Waals surface area contributed by atoms with Gasteiger partial charge in [-0.1, -0.05) is 0 Å².